The standard InChI is InChI=1S/C24H33NO10/c1-4-7-18(26)32-17-13-31-24(33-16-11-10-14(25)12-15(16)23(29)30)22(35-20(28)9-6-3)21(17)34-19(27)8-5-2/h10-12,17,21-22,24H,4-9,13,25H2,1-3H3,(H,29,30)/t17?,21-,22?,24?/m0/s1. The van der Waals surface area contributed by atoms with Crippen LogP contribution in [0.2, 0.25) is 0 Å². The lowest BCUT2D eigenvalue weighted by Crippen LogP contribution is -2.59. The van der Waals surface area contributed by atoms with Gasteiger partial charge in [0.25, 0.3) is 0 Å². The lowest BCUT2D eigenvalue weighted by atomic mass is 10.0. The van der Waals surface area contributed by atoms with Crippen molar-refractivity contribution in [2.24, 2.45) is 0 Å². The molecule has 4 atom stereocenters. The van der Waals surface area contributed by atoms with Crippen LogP contribution in [-0.4, -0.2) is 60.2 Å². The van der Waals surface area contributed by atoms with E-state index in [1.165, 1.54) is 18.2 Å². The second kappa shape index (κ2) is 13.5. The maximum atomic E-state index is 12.4. The Morgan fingerprint density at radius 3 is 2.00 bits per heavy atom. The van der Waals surface area contributed by atoms with Crippen molar-refractivity contribution in [3.05, 3.63) is 23.8 Å². The second-order valence-electron chi connectivity index (χ2n) is 8.07. The quantitative estimate of drug-likeness (QED) is 0.249. The summed E-state index contributed by atoms with van der Waals surface area (Å²) in [6, 6.07) is 4.00. The molecule has 0 saturated carbocycles. The summed E-state index contributed by atoms with van der Waals surface area (Å²) in [5.74, 6) is -3.09. The van der Waals surface area contributed by atoms with Gasteiger partial charge in [-0.1, -0.05) is 20.8 Å². The first-order valence-electron chi connectivity index (χ1n) is 11.7. The Kier molecular flexibility index (Phi) is 10.8. The summed E-state index contributed by atoms with van der Waals surface area (Å²) in [5, 5.41) is 9.53. The number of carbonyl (C=O) groups excluding carboxylic acids is 3. The number of rotatable bonds is 12. The number of esters is 3. The molecule has 0 spiro atoms. The average Bonchev–Trinajstić information content (AvgIpc) is 2.79. The molecule has 35 heavy (non-hydrogen) atoms. The highest BCUT2D eigenvalue weighted by Gasteiger charge is 2.49. The molecule has 1 saturated heterocycles. The molecule has 0 aromatic heterocycles. The van der Waals surface area contributed by atoms with Gasteiger partial charge in [0.1, 0.15) is 11.3 Å². The highest BCUT2D eigenvalue weighted by Crippen LogP contribution is 2.30. The maximum absolute atomic E-state index is 12.4. The van der Waals surface area contributed by atoms with Crippen molar-refractivity contribution >= 4 is 29.6 Å². The minimum atomic E-state index is -1.35. The van der Waals surface area contributed by atoms with Gasteiger partial charge in [-0.15, -0.1) is 0 Å². The van der Waals surface area contributed by atoms with Gasteiger partial charge in [0.2, 0.25) is 12.4 Å². The maximum Gasteiger partial charge on any atom is 0.339 e. The summed E-state index contributed by atoms with van der Waals surface area (Å²) in [5.41, 5.74) is 5.67. The van der Waals surface area contributed by atoms with Crippen LogP contribution in [0.5, 0.6) is 5.75 Å². The van der Waals surface area contributed by atoms with Crippen LogP contribution in [-0.2, 0) is 33.3 Å². The number of anilines is 1. The summed E-state index contributed by atoms with van der Waals surface area (Å²) in [6.07, 6.45) is -3.11. The predicted molar refractivity (Wildman–Crippen MR) is 123 cm³/mol. The Balaban J connectivity index is 2.41. The van der Waals surface area contributed by atoms with Crippen LogP contribution in [0.15, 0.2) is 18.2 Å². The van der Waals surface area contributed by atoms with Gasteiger partial charge in [-0.2, -0.15) is 0 Å². The third kappa shape index (κ3) is 8.13. The molecule has 1 aliphatic heterocycles. The van der Waals surface area contributed by atoms with Crippen molar-refractivity contribution in [3.63, 3.8) is 0 Å². The number of carboxylic acids is 1. The van der Waals surface area contributed by atoms with Gasteiger partial charge in [-0.05, 0) is 37.5 Å². The van der Waals surface area contributed by atoms with Gasteiger partial charge in [0.15, 0.2) is 12.2 Å². The van der Waals surface area contributed by atoms with Gasteiger partial charge in [-0.25, -0.2) is 4.79 Å². The number of hydrogen-bond acceptors (Lipinski definition) is 10. The van der Waals surface area contributed by atoms with Crippen molar-refractivity contribution in [1.82, 2.24) is 0 Å². The van der Waals surface area contributed by atoms with Gasteiger partial charge in [0, 0.05) is 24.9 Å². The van der Waals surface area contributed by atoms with Crippen LogP contribution in [0.25, 0.3) is 0 Å². The first kappa shape index (κ1) is 27.9. The molecule has 0 aliphatic carbocycles. The first-order valence-corrected chi connectivity index (χ1v) is 11.7. The van der Waals surface area contributed by atoms with E-state index in [2.05, 4.69) is 0 Å². The molecular formula is C24H33NO10. The van der Waals surface area contributed by atoms with E-state index in [1.807, 2.05) is 6.92 Å². The normalized spacial score (nSPS) is 21.6. The Morgan fingerprint density at radius 1 is 0.914 bits per heavy atom. The van der Waals surface area contributed by atoms with E-state index in [9.17, 15) is 24.3 Å². The van der Waals surface area contributed by atoms with Crippen molar-refractivity contribution < 1.29 is 48.0 Å². The number of ether oxygens (including phenoxy) is 5. The van der Waals surface area contributed by atoms with Crippen molar-refractivity contribution in [3.8, 4) is 5.75 Å². The molecule has 2 rings (SSSR count). The molecule has 1 fully saturated rings. The first-order chi connectivity index (χ1) is 16.7. The lowest BCUT2D eigenvalue weighted by Gasteiger charge is -2.40. The fourth-order valence-electron chi connectivity index (χ4n) is 3.42. The number of aromatic carboxylic acids is 1. The number of hydrogen-bond donors (Lipinski definition) is 2. The third-order valence-electron chi connectivity index (χ3n) is 5.04. The zero-order chi connectivity index (χ0) is 26.0. The minimum absolute atomic E-state index is 0.0708. The topological polar surface area (TPSA) is 161 Å². The lowest BCUT2D eigenvalue weighted by molar-refractivity contribution is -0.261. The van der Waals surface area contributed by atoms with Crippen molar-refractivity contribution in [2.75, 3.05) is 12.3 Å². The van der Waals surface area contributed by atoms with Crippen molar-refractivity contribution in [1.29, 1.82) is 0 Å². The average molecular weight is 496 g/mol. The molecule has 194 valence electrons. The van der Waals surface area contributed by atoms with E-state index < -0.39 is 48.5 Å². The molecule has 11 nitrogen and oxygen atoms in total. The van der Waals surface area contributed by atoms with Gasteiger partial charge in [0.05, 0.1) is 6.61 Å². The summed E-state index contributed by atoms with van der Waals surface area (Å²) in [7, 11) is 0. The number of nitrogens with two attached hydrogens (primary N) is 1. The van der Waals surface area contributed by atoms with E-state index in [0.717, 1.165) is 0 Å². The smallest absolute Gasteiger partial charge is 0.339 e. The van der Waals surface area contributed by atoms with Crippen LogP contribution in [0.4, 0.5) is 5.69 Å². The predicted octanol–water partition coefficient (Wildman–Crippen LogP) is 2.84. The zero-order valence-corrected chi connectivity index (χ0v) is 20.2. The largest absolute Gasteiger partial charge is 0.478 e. The van der Waals surface area contributed by atoms with Gasteiger partial charge >= 0.3 is 23.9 Å². The van der Waals surface area contributed by atoms with E-state index in [0.29, 0.717) is 19.3 Å². The molecular weight excluding hydrogens is 462 g/mol. The molecule has 3 N–H and O–H groups in total. The van der Waals surface area contributed by atoms with Gasteiger partial charge in [-0.3, -0.25) is 14.4 Å². The summed E-state index contributed by atoms with van der Waals surface area (Å²) in [4.78, 5) is 48.7. The minimum Gasteiger partial charge on any atom is -0.478 e. The fraction of sp³-hybridized carbons (Fsp3) is 0.583. The van der Waals surface area contributed by atoms with E-state index in [-0.39, 0.29) is 42.9 Å². The molecule has 11 heteroatoms. The number of benzene rings is 1. The number of carboxylic acid groups (broad SMARTS) is 1. The summed E-state index contributed by atoms with van der Waals surface area (Å²) >= 11 is 0. The molecule has 3 unspecified atom stereocenters. The van der Waals surface area contributed by atoms with E-state index >= 15 is 0 Å². The Morgan fingerprint density at radius 2 is 1.46 bits per heavy atom. The molecule has 0 bridgehead atoms. The van der Waals surface area contributed by atoms with Crippen molar-refractivity contribution in [2.45, 2.75) is 83.9 Å². The summed E-state index contributed by atoms with van der Waals surface area (Å²) < 4.78 is 28.1. The van der Waals surface area contributed by atoms with Gasteiger partial charge < -0.3 is 34.5 Å². The van der Waals surface area contributed by atoms with Crippen LogP contribution < -0.4 is 10.5 Å². The Hall–Kier alpha value is -3.34. The molecule has 0 radical (unpaired) electrons. The van der Waals surface area contributed by atoms with E-state index in [4.69, 9.17) is 29.4 Å². The molecule has 0 amide bonds. The fourth-order valence-corrected chi connectivity index (χ4v) is 3.42. The molecule has 1 aromatic carbocycles. The SMILES string of the molecule is CCCC(=O)OC1COC(Oc2ccc(N)cc2C(=O)O)C(OC(=O)CCC)[C@H]1OC(=O)CCC. The summed E-state index contributed by atoms with van der Waals surface area (Å²) in [6.45, 7) is 5.16. The number of nitrogen functional groups attached to an aromatic ring is 1. The highest BCUT2D eigenvalue weighted by atomic mass is 16.7. The highest BCUT2D eigenvalue weighted by molar-refractivity contribution is 5.92. The second-order valence-corrected chi connectivity index (χ2v) is 8.07. The third-order valence-corrected chi connectivity index (χ3v) is 5.04. The van der Waals surface area contributed by atoms with Crippen LogP contribution in [0, 0.1) is 0 Å². The van der Waals surface area contributed by atoms with Crippen LogP contribution in [0.1, 0.15) is 69.7 Å². The number of carbonyl (C=O) groups is 4. The monoisotopic (exact) mass is 495 g/mol. The molecule has 1 heterocycles. The Bertz CT molecular complexity index is 902. The zero-order valence-electron chi connectivity index (χ0n) is 20.2. The Labute approximate surface area is 203 Å². The van der Waals surface area contributed by atoms with Crippen LogP contribution >= 0.6 is 0 Å². The molecule has 1 aliphatic rings. The molecule has 1 aromatic rings. The van der Waals surface area contributed by atoms with E-state index in [1.54, 1.807) is 13.8 Å². The van der Waals surface area contributed by atoms with Crippen LogP contribution in [0.3, 0.4) is 0 Å².